The topological polar surface area (TPSA) is 69.6 Å². The van der Waals surface area contributed by atoms with Crippen molar-refractivity contribution in [1.29, 1.82) is 0 Å². The third-order valence-electron chi connectivity index (χ3n) is 4.44. The van der Waals surface area contributed by atoms with Crippen LogP contribution in [-0.4, -0.2) is 40.5 Å². The molecule has 2 aliphatic heterocycles. The van der Waals surface area contributed by atoms with E-state index in [2.05, 4.69) is 5.32 Å². The quantitative estimate of drug-likeness (QED) is 0.876. The minimum Gasteiger partial charge on any atom is -0.480 e. The molecule has 3 rings (SSSR count). The van der Waals surface area contributed by atoms with E-state index in [0.717, 1.165) is 30.5 Å². The maximum atomic E-state index is 12.5. The van der Waals surface area contributed by atoms with Crippen LogP contribution in [0.5, 0.6) is 0 Å². The molecule has 0 bridgehead atoms. The van der Waals surface area contributed by atoms with Crippen molar-refractivity contribution < 1.29 is 14.7 Å². The molecule has 1 fully saturated rings. The fourth-order valence-electron chi connectivity index (χ4n) is 3.26. The summed E-state index contributed by atoms with van der Waals surface area (Å²) in [4.78, 5) is 25.5. The molecule has 1 saturated heterocycles. The van der Waals surface area contributed by atoms with Crippen LogP contribution in [0, 0.1) is 0 Å². The molecule has 21 heavy (non-hydrogen) atoms. The second-order valence-electron chi connectivity index (χ2n) is 5.85. The maximum absolute atomic E-state index is 12.5. The van der Waals surface area contributed by atoms with E-state index >= 15 is 0 Å². The van der Waals surface area contributed by atoms with Gasteiger partial charge in [-0.15, -0.1) is 0 Å². The monoisotopic (exact) mass is 288 g/mol. The molecular formula is C16H20N2O3. The molecule has 0 spiro atoms. The van der Waals surface area contributed by atoms with Gasteiger partial charge in [-0.2, -0.15) is 0 Å². The van der Waals surface area contributed by atoms with E-state index in [4.69, 9.17) is 0 Å². The van der Waals surface area contributed by atoms with E-state index in [9.17, 15) is 14.7 Å². The Morgan fingerprint density at radius 3 is 2.71 bits per heavy atom. The molecular weight excluding hydrogens is 268 g/mol. The smallest absolute Gasteiger partial charge is 0.326 e. The zero-order chi connectivity index (χ0) is 14.8. The van der Waals surface area contributed by atoms with Crippen molar-refractivity contribution in [1.82, 2.24) is 10.2 Å². The highest BCUT2D eigenvalue weighted by molar-refractivity contribution is 5.85. The lowest BCUT2D eigenvalue weighted by molar-refractivity contribution is -0.151. The van der Waals surface area contributed by atoms with Gasteiger partial charge in [-0.05, 0) is 30.5 Å². The number of carbonyl (C=O) groups excluding carboxylic acids is 1. The number of fused-ring (bicyclic) bond motifs is 1. The first-order valence-electron chi connectivity index (χ1n) is 7.47. The summed E-state index contributed by atoms with van der Waals surface area (Å²) in [6, 6.07) is 7.23. The van der Waals surface area contributed by atoms with Crippen molar-refractivity contribution in [3.63, 3.8) is 0 Å². The largest absolute Gasteiger partial charge is 0.480 e. The van der Waals surface area contributed by atoms with Crippen molar-refractivity contribution in [2.24, 2.45) is 0 Å². The van der Waals surface area contributed by atoms with Crippen LogP contribution in [0.3, 0.4) is 0 Å². The second kappa shape index (κ2) is 5.85. The summed E-state index contributed by atoms with van der Waals surface area (Å²) >= 11 is 0. The van der Waals surface area contributed by atoms with Crippen LogP contribution in [-0.2, 0) is 22.6 Å². The number of hydrogen-bond acceptors (Lipinski definition) is 3. The molecule has 2 unspecified atom stereocenters. The summed E-state index contributed by atoms with van der Waals surface area (Å²) in [6.07, 6.45) is 2.87. The molecule has 2 N–H and O–H groups in total. The lowest BCUT2D eigenvalue weighted by atomic mass is 9.93. The number of amides is 1. The van der Waals surface area contributed by atoms with Crippen molar-refractivity contribution in [2.75, 3.05) is 6.54 Å². The van der Waals surface area contributed by atoms with Crippen LogP contribution < -0.4 is 5.32 Å². The van der Waals surface area contributed by atoms with Crippen molar-refractivity contribution in [3.8, 4) is 0 Å². The van der Waals surface area contributed by atoms with Gasteiger partial charge in [0.1, 0.15) is 6.04 Å². The summed E-state index contributed by atoms with van der Waals surface area (Å²) in [5, 5.41) is 12.7. The molecule has 2 aliphatic rings. The van der Waals surface area contributed by atoms with E-state index in [1.807, 2.05) is 24.3 Å². The van der Waals surface area contributed by atoms with Crippen LogP contribution in [0.1, 0.15) is 30.4 Å². The Labute approximate surface area is 123 Å². The average Bonchev–Trinajstić information content (AvgIpc) is 2.98. The van der Waals surface area contributed by atoms with Gasteiger partial charge in [0, 0.05) is 25.4 Å². The second-order valence-corrected chi connectivity index (χ2v) is 5.85. The predicted octanol–water partition coefficient (Wildman–Crippen LogP) is 1.17. The molecule has 0 aromatic heterocycles. The molecule has 1 aromatic carbocycles. The Kier molecular flexibility index (Phi) is 3.92. The highest BCUT2D eigenvalue weighted by Gasteiger charge is 2.35. The lowest BCUT2D eigenvalue weighted by Gasteiger charge is -2.35. The number of carboxylic acids is 1. The maximum Gasteiger partial charge on any atom is 0.326 e. The Morgan fingerprint density at radius 2 is 2.05 bits per heavy atom. The van der Waals surface area contributed by atoms with Gasteiger partial charge < -0.3 is 15.3 Å². The molecule has 112 valence electrons. The van der Waals surface area contributed by atoms with Crippen LogP contribution >= 0.6 is 0 Å². The summed E-state index contributed by atoms with van der Waals surface area (Å²) in [6.45, 7) is 1.35. The van der Waals surface area contributed by atoms with Crippen LogP contribution in [0.15, 0.2) is 24.3 Å². The molecule has 0 aliphatic carbocycles. The molecule has 5 nitrogen and oxygen atoms in total. The van der Waals surface area contributed by atoms with Gasteiger partial charge in [0.05, 0.1) is 0 Å². The van der Waals surface area contributed by atoms with E-state index < -0.39 is 12.0 Å². The number of rotatable bonds is 3. The zero-order valence-corrected chi connectivity index (χ0v) is 11.9. The van der Waals surface area contributed by atoms with E-state index in [-0.39, 0.29) is 11.9 Å². The van der Waals surface area contributed by atoms with E-state index in [1.54, 1.807) is 0 Å². The predicted molar refractivity (Wildman–Crippen MR) is 77.8 cm³/mol. The van der Waals surface area contributed by atoms with E-state index in [0.29, 0.717) is 19.4 Å². The molecule has 0 saturated carbocycles. The van der Waals surface area contributed by atoms with Gasteiger partial charge >= 0.3 is 5.97 Å². The molecule has 5 heteroatoms. The average molecular weight is 288 g/mol. The van der Waals surface area contributed by atoms with Crippen molar-refractivity contribution >= 4 is 11.9 Å². The number of nitrogens with one attached hydrogen (secondary N) is 1. The fourth-order valence-corrected chi connectivity index (χ4v) is 3.26. The summed E-state index contributed by atoms with van der Waals surface area (Å²) in [5.74, 6) is -0.978. The minimum atomic E-state index is -0.919. The first-order valence-corrected chi connectivity index (χ1v) is 7.47. The molecule has 0 radical (unpaired) electrons. The first-order chi connectivity index (χ1) is 10.1. The number of carboxylic acid groups (broad SMARTS) is 1. The standard InChI is InChI=1S/C16H20N2O3/c19-15(9-13-6-3-7-17-13)18-10-12-5-2-1-4-11(12)8-14(18)16(20)21/h1-2,4-5,13-14,17H,3,6-10H2,(H,20,21). The first kappa shape index (κ1) is 14.1. The van der Waals surface area contributed by atoms with Gasteiger partial charge in [-0.1, -0.05) is 24.3 Å². The summed E-state index contributed by atoms with van der Waals surface area (Å²) in [7, 11) is 0. The summed E-state index contributed by atoms with van der Waals surface area (Å²) in [5.41, 5.74) is 2.09. The van der Waals surface area contributed by atoms with Crippen molar-refractivity contribution in [3.05, 3.63) is 35.4 Å². The van der Waals surface area contributed by atoms with Gasteiger partial charge in [-0.25, -0.2) is 4.79 Å². The van der Waals surface area contributed by atoms with Gasteiger partial charge in [0.25, 0.3) is 0 Å². The highest BCUT2D eigenvalue weighted by atomic mass is 16.4. The number of carbonyl (C=O) groups is 2. The third kappa shape index (κ3) is 2.93. The Morgan fingerprint density at radius 1 is 1.29 bits per heavy atom. The molecule has 1 amide bonds. The molecule has 1 aromatic rings. The highest BCUT2D eigenvalue weighted by Crippen LogP contribution is 2.25. The number of nitrogens with zero attached hydrogens (tertiary/aromatic N) is 1. The van der Waals surface area contributed by atoms with Crippen LogP contribution in [0.2, 0.25) is 0 Å². The van der Waals surface area contributed by atoms with Gasteiger partial charge in [0.2, 0.25) is 5.91 Å². The Balaban J connectivity index is 1.78. The minimum absolute atomic E-state index is 0.0590. The van der Waals surface area contributed by atoms with Crippen LogP contribution in [0.4, 0.5) is 0 Å². The number of aliphatic carboxylic acids is 1. The number of benzene rings is 1. The summed E-state index contributed by atoms with van der Waals surface area (Å²) < 4.78 is 0. The number of hydrogen-bond donors (Lipinski definition) is 2. The van der Waals surface area contributed by atoms with Gasteiger partial charge in [0.15, 0.2) is 0 Å². The molecule has 2 atom stereocenters. The van der Waals surface area contributed by atoms with Crippen LogP contribution in [0.25, 0.3) is 0 Å². The van der Waals surface area contributed by atoms with Crippen molar-refractivity contribution in [2.45, 2.75) is 44.3 Å². The Bertz CT molecular complexity index is 552. The molecule has 2 heterocycles. The normalized spacial score (nSPS) is 24.7. The third-order valence-corrected chi connectivity index (χ3v) is 4.44. The fraction of sp³-hybridized carbons (Fsp3) is 0.500. The van der Waals surface area contributed by atoms with Gasteiger partial charge in [-0.3, -0.25) is 4.79 Å². The SMILES string of the molecule is O=C(O)C1Cc2ccccc2CN1C(=O)CC1CCCN1. The zero-order valence-electron chi connectivity index (χ0n) is 11.9. The van der Waals surface area contributed by atoms with E-state index in [1.165, 1.54) is 4.90 Å². The Hall–Kier alpha value is -1.88. The lowest BCUT2D eigenvalue weighted by Crippen LogP contribution is -2.49.